The summed E-state index contributed by atoms with van der Waals surface area (Å²) in [5.41, 5.74) is 1.53. The number of nitrogens with zero attached hydrogens (tertiary/aromatic N) is 1. The lowest BCUT2D eigenvalue weighted by Gasteiger charge is -2.22. The number of benzene rings is 1. The molecule has 3 N–H and O–H groups in total. The van der Waals surface area contributed by atoms with Crippen molar-refractivity contribution in [3.05, 3.63) is 28.2 Å². The molecule has 1 aliphatic heterocycles. The van der Waals surface area contributed by atoms with Crippen molar-refractivity contribution in [3.8, 4) is 0 Å². The summed E-state index contributed by atoms with van der Waals surface area (Å²) in [7, 11) is 0. The van der Waals surface area contributed by atoms with Crippen molar-refractivity contribution >= 4 is 33.6 Å². The first kappa shape index (κ1) is 14.8. The number of β-amino-alcohol motifs (C(OH)–C–C–N with tert-alkyl or cyclic N) is 1. The smallest absolute Gasteiger partial charge is 0.326 e. The third-order valence-corrected chi connectivity index (χ3v) is 4.31. The van der Waals surface area contributed by atoms with Crippen molar-refractivity contribution in [2.45, 2.75) is 25.5 Å². The maximum atomic E-state index is 12.2. The lowest BCUT2D eigenvalue weighted by Crippen LogP contribution is -2.43. The summed E-state index contributed by atoms with van der Waals surface area (Å²) in [6, 6.07) is 3.88. The second-order valence-electron chi connectivity index (χ2n) is 4.76. The molecule has 0 unspecified atom stereocenters. The Morgan fingerprint density at radius 1 is 1.45 bits per heavy atom. The van der Waals surface area contributed by atoms with E-state index in [1.54, 1.807) is 12.1 Å². The monoisotopic (exact) mass is 342 g/mol. The fourth-order valence-corrected chi connectivity index (χ4v) is 2.57. The van der Waals surface area contributed by atoms with E-state index in [4.69, 9.17) is 5.11 Å². The van der Waals surface area contributed by atoms with Crippen LogP contribution < -0.4 is 5.32 Å². The van der Waals surface area contributed by atoms with Crippen molar-refractivity contribution in [2.75, 3.05) is 11.9 Å². The SMILES string of the molecule is Cc1cccc(NC(=O)N2C[C@H](O)C[C@@H]2C(=O)O)c1Br. The first-order valence-corrected chi connectivity index (χ1v) is 6.93. The average molecular weight is 343 g/mol. The molecule has 0 saturated carbocycles. The van der Waals surface area contributed by atoms with Gasteiger partial charge in [-0.15, -0.1) is 0 Å². The number of aliphatic carboxylic acids is 1. The number of carbonyl (C=O) groups is 2. The van der Waals surface area contributed by atoms with Crippen LogP contribution in [0.5, 0.6) is 0 Å². The summed E-state index contributed by atoms with van der Waals surface area (Å²) in [5.74, 6) is -1.11. The van der Waals surface area contributed by atoms with Gasteiger partial charge in [0.15, 0.2) is 0 Å². The standard InChI is InChI=1S/C13H15BrN2O4/c1-7-3-2-4-9(11(7)14)15-13(20)16-6-8(17)5-10(16)12(18)19/h2-4,8,10,17H,5-6H2,1H3,(H,15,20)(H,18,19)/t8-,10-/m1/s1. The Morgan fingerprint density at radius 2 is 2.15 bits per heavy atom. The van der Waals surface area contributed by atoms with Gasteiger partial charge in [0.05, 0.1) is 11.8 Å². The van der Waals surface area contributed by atoms with Crippen LogP contribution in [0.1, 0.15) is 12.0 Å². The van der Waals surface area contributed by atoms with Crippen LogP contribution in [0.25, 0.3) is 0 Å². The van der Waals surface area contributed by atoms with E-state index in [2.05, 4.69) is 21.2 Å². The highest BCUT2D eigenvalue weighted by Crippen LogP contribution is 2.27. The van der Waals surface area contributed by atoms with Gasteiger partial charge in [-0.2, -0.15) is 0 Å². The maximum absolute atomic E-state index is 12.2. The Bertz CT molecular complexity index is 549. The molecule has 1 heterocycles. The summed E-state index contributed by atoms with van der Waals surface area (Å²) in [6.45, 7) is 1.91. The number of aliphatic hydroxyl groups excluding tert-OH is 1. The van der Waals surface area contributed by atoms with Crippen molar-refractivity contribution < 1.29 is 19.8 Å². The third kappa shape index (κ3) is 2.94. The number of hydrogen-bond donors (Lipinski definition) is 3. The molecule has 0 spiro atoms. The van der Waals surface area contributed by atoms with Gasteiger partial charge in [-0.25, -0.2) is 9.59 Å². The van der Waals surface area contributed by atoms with E-state index < -0.39 is 24.1 Å². The molecule has 0 bridgehead atoms. The maximum Gasteiger partial charge on any atom is 0.326 e. The molecule has 2 rings (SSSR count). The van der Waals surface area contributed by atoms with Crippen molar-refractivity contribution in [2.24, 2.45) is 0 Å². The number of anilines is 1. The highest BCUT2D eigenvalue weighted by atomic mass is 79.9. The second-order valence-corrected chi connectivity index (χ2v) is 5.56. The third-order valence-electron chi connectivity index (χ3n) is 3.26. The Hall–Kier alpha value is -1.60. The van der Waals surface area contributed by atoms with E-state index in [9.17, 15) is 14.7 Å². The van der Waals surface area contributed by atoms with Crippen LogP contribution in [0.2, 0.25) is 0 Å². The van der Waals surface area contributed by atoms with Crippen LogP contribution >= 0.6 is 15.9 Å². The number of urea groups is 1. The zero-order valence-corrected chi connectivity index (χ0v) is 12.4. The predicted molar refractivity (Wildman–Crippen MR) is 76.7 cm³/mol. The van der Waals surface area contributed by atoms with Gasteiger partial charge in [-0.05, 0) is 34.5 Å². The van der Waals surface area contributed by atoms with Crippen molar-refractivity contribution in [3.63, 3.8) is 0 Å². The normalized spacial score (nSPS) is 21.9. The number of halogens is 1. The topological polar surface area (TPSA) is 89.9 Å². The Balaban J connectivity index is 2.15. The number of aryl methyl sites for hydroxylation is 1. The molecule has 0 radical (unpaired) electrons. The van der Waals surface area contributed by atoms with Gasteiger partial charge in [0.1, 0.15) is 6.04 Å². The lowest BCUT2D eigenvalue weighted by atomic mass is 10.2. The van der Waals surface area contributed by atoms with Gasteiger partial charge in [0, 0.05) is 17.4 Å². The van der Waals surface area contributed by atoms with Gasteiger partial charge in [-0.1, -0.05) is 12.1 Å². The second kappa shape index (κ2) is 5.80. The summed E-state index contributed by atoms with van der Waals surface area (Å²) < 4.78 is 0.750. The van der Waals surface area contributed by atoms with E-state index in [0.717, 1.165) is 14.9 Å². The molecule has 1 aromatic carbocycles. The number of carboxylic acids is 1. The van der Waals surface area contributed by atoms with E-state index in [1.165, 1.54) is 0 Å². The minimum Gasteiger partial charge on any atom is -0.480 e. The minimum atomic E-state index is -1.11. The van der Waals surface area contributed by atoms with E-state index in [1.807, 2.05) is 13.0 Å². The summed E-state index contributed by atoms with van der Waals surface area (Å²) in [4.78, 5) is 24.4. The number of likely N-dealkylation sites (tertiary alicyclic amines) is 1. The first-order chi connectivity index (χ1) is 9.40. The van der Waals surface area contributed by atoms with Gasteiger partial charge in [0.2, 0.25) is 0 Å². The molecule has 6 nitrogen and oxygen atoms in total. The molecule has 20 heavy (non-hydrogen) atoms. The number of hydrogen-bond acceptors (Lipinski definition) is 3. The molecule has 0 aliphatic carbocycles. The average Bonchev–Trinajstić information content (AvgIpc) is 2.77. The van der Waals surface area contributed by atoms with Crippen LogP contribution in [0, 0.1) is 6.92 Å². The van der Waals surface area contributed by atoms with Crippen LogP contribution in [-0.2, 0) is 4.79 Å². The lowest BCUT2D eigenvalue weighted by molar-refractivity contribution is -0.141. The van der Waals surface area contributed by atoms with Gasteiger partial charge >= 0.3 is 12.0 Å². The molecule has 2 atom stereocenters. The van der Waals surface area contributed by atoms with Crippen LogP contribution in [-0.4, -0.2) is 45.8 Å². The van der Waals surface area contributed by atoms with Crippen molar-refractivity contribution in [1.82, 2.24) is 4.90 Å². The Morgan fingerprint density at radius 3 is 2.80 bits per heavy atom. The predicted octanol–water partition coefficient (Wildman–Crippen LogP) is 1.81. The number of amides is 2. The van der Waals surface area contributed by atoms with Crippen LogP contribution in [0.15, 0.2) is 22.7 Å². The number of rotatable bonds is 2. The van der Waals surface area contributed by atoms with Gasteiger partial charge in [-0.3, -0.25) is 0 Å². The van der Waals surface area contributed by atoms with Gasteiger partial charge in [0.25, 0.3) is 0 Å². The highest BCUT2D eigenvalue weighted by molar-refractivity contribution is 9.10. The largest absolute Gasteiger partial charge is 0.480 e. The first-order valence-electron chi connectivity index (χ1n) is 6.13. The Kier molecular flexibility index (Phi) is 4.29. The molecule has 0 aromatic heterocycles. The number of aliphatic hydroxyl groups is 1. The van der Waals surface area contributed by atoms with Crippen LogP contribution in [0.3, 0.4) is 0 Å². The molecule has 1 aliphatic rings. The fraction of sp³-hybridized carbons (Fsp3) is 0.385. The number of carboxylic acid groups (broad SMARTS) is 1. The zero-order valence-electron chi connectivity index (χ0n) is 10.8. The van der Waals surface area contributed by atoms with E-state index in [-0.39, 0.29) is 13.0 Å². The molecule has 2 amide bonds. The summed E-state index contributed by atoms with van der Waals surface area (Å²) in [6.07, 6.45) is -0.750. The molecule has 1 aromatic rings. The number of carbonyl (C=O) groups excluding carboxylic acids is 1. The fourth-order valence-electron chi connectivity index (χ4n) is 2.20. The minimum absolute atomic E-state index is 0.0201. The molecule has 108 valence electrons. The molecular formula is C13H15BrN2O4. The van der Waals surface area contributed by atoms with Crippen LogP contribution in [0.4, 0.5) is 10.5 Å². The molecule has 1 saturated heterocycles. The summed E-state index contributed by atoms with van der Waals surface area (Å²) >= 11 is 3.37. The quantitative estimate of drug-likeness (QED) is 0.764. The number of nitrogens with one attached hydrogen (secondary N) is 1. The molecule has 7 heteroatoms. The zero-order chi connectivity index (χ0) is 14.9. The van der Waals surface area contributed by atoms with Gasteiger partial charge < -0.3 is 20.4 Å². The van der Waals surface area contributed by atoms with E-state index in [0.29, 0.717) is 5.69 Å². The molecule has 1 fully saturated rings. The summed E-state index contributed by atoms with van der Waals surface area (Å²) in [5, 5.41) is 21.3. The van der Waals surface area contributed by atoms with Crippen molar-refractivity contribution in [1.29, 1.82) is 0 Å². The molecular weight excluding hydrogens is 328 g/mol. The Labute approximate surface area is 124 Å². The van der Waals surface area contributed by atoms with E-state index >= 15 is 0 Å². The highest BCUT2D eigenvalue weighted by Gasteiger charge is 2.39.